The number of alkyl halides is 3. The van der Waals surface area contributed by atoms with Crippen LogP contribution < -0.4 is 4.18 Å². The molecule has 0 N–H and O–H groups in total. The number of hydrogen-bond acceptors (Lipinski definition) is 5. The lowest BCUT2D eigenvalue weighted by molar-refractivity contribution is -0.140. The maximum atomic E-state index is 12.1. The van der Waals surface area contributed by atoms with Gasteiger partial charge in [-0.1, -0.05) is 12.1 Å². The van der Waals surface area contributed by atoms with Crippen LogP contribution in [0.15, 0.2) is 24.3 Å². The summed E-state index contributed by atoms with van der Waals surface area (Å²) in [4.78, 5) is 11.0. The fourth-order valence-electron chi connectivity index (χ4n) is 1.14. The van der Waals surface area contributed by atoms with Gasteiger partial charge in [0.25, 0.3) is 0 Å². The number of aryl methyl sites for hydroxylation is 1. The maximum absolute atomic E-state index is 12.1. The molecule has 0 amide bonds. The molecule has 0 saturated carbocycles. The molecular weight excluding hydrogens is 301 g/mol. The Morgan fingerprint density at radius 3 is 2.30 bits per heavy atom. The molecule has 1 rings (SSSR count). The normalized spacial score (nSPS) is 14.3. The van der Waals surface area contributed by atoms with E-state index >= 15 is 0 Å². The molecule has 1 atom stereocenters. The van der Waals surface area contributed by atoms with Gasteiger partial charge in [-0.2, -0.15) is 21.6 Å². The molecule has 0 heterocycles. The molecule has 0 bridgehead atoms. The number of ether oxygens (including phenoxy) is 1. The average molecular weight is 313 g/mol. The molecule has 0 saturated heterocycles. The molecular formula is C11H11F3O5S. The molecule has 0 unspecified atom stereocenters. The maximum Gasteiger partial charge on any atom is 0.534 e. The first kappa shape index (κ1) is 14.6. The van der Waals surface area contributed by atoms with Crippen LogP contribution >= 0.6 is 0 Å². The van der Waals surface area contributed by atoms with E-state index in [9.17, 15) is 26.4 Å². The van der Waals surface area contributed by atoms with Crippen molar-refractivity contribution in [3.05, 3.63) is 29.8 Å². The molecule has 0 aliphatic carbocycles. The van der Waals surface area contributed by atoms with Gasteiger partial charge in [0.2, 0.25) is 0 Å². The highest BCUT2D eigenvalue weighted by Gasteiger charge is 2.48. The Balaban J connectivity index is 2.78. The van der Waals surface area contributed by atoms with Crippen LogP contribution in [-0.2, 0) is 26.1 Å². The van der Waals surface area contributed by atoms with E-state index in [0.717, 1.165) is 19.2 Å². The van der Waals surface area contributed by atoms with Crippen molar-refractivity contribution in [1.82, 2.24) is 0 Å². The van der Waals surface area contributed by atoms with Gasteiger partial charge in [0, 0.05) is 7.77 Å². The van der Waals surface area contributed by atoms with Crippen molar-refractivity contribution in [2.75, 3.05) is 7.11 Å². The monoisotopic (exact) mass is 313 g/mol. The summed E-state index contributed by atoms with van der Waals surface area (Å²) >= 11 is 0. The summed E-state index contributed by atoms with van der Waals surface area (Å²) in [5, 5.41) is 0. The summed E-state index contributed by atoms with van der Waals surface area (Å²) in [5.41, 5.74) is -5.07. The fraction of sp³-hybridized carbons (Fsp3) is 0.364. The summed E-state index contributed by atoms with van der Waals surface area (Å²) in [6.07, 6.45) is -1.21. The highest BCUT2D eigenvalue weighted by Crippen LogP contribution is 2.27. The van der Waals surface area contributed by atoms with Gasteiger partial charge in [-0.3, -0.25) is 4.79 Å². The lowest BCUT2D eigenvalue weighted by atomic mass is 10.1. The van der Waals surface area contributed by atoms with Crippen molar-refractivity contribution in [1.29, 1.82) is 0 Å². The predicted molar refractivity (Wildman–Crippen MR) is 62.4 cm³/mol. The summed E-state index contributed by atoms with van der Waals surface area (Å²) in [6, 6.07) is 4.52. The van der Waals surface area contributed by atoms with E-state index in [2.05, 4.69) is 8.92 Å². The zero-order valence-corrected chi connectivity index (χ0v) is 11.0. The number of rotatable bonds is 5. The van der Waals surface area contributed by atoms with E-state index in [4.69, 9.17) is 1.37 Å². The smallest absolute Gasteiger partial charge is 0.469 e. The average Bonchev–Trinajstić information content (AvgIpc) is 2.38. The van der Waals surface area contributed by atoms with Gasteiger partial charge in [-0.25, -0.2) is 0 Å². The molecule has 0 aromatic heterocycles. The molecule has 1 aromatic rings. The van der Waals surface area contributed by atoms with Gasteiger partial charge in [-0.15, -0.1) is 0 Å². The summed E-state index contributed by atoms with van der Waals surface area (Å²) in [7, 11) is -4.59. The van der Waals surface area contributed by atoms with Crippen molar-refractivity contribution >= 4 is 16.1 Å². The zero-order valence-electron chi connectivity index (χ0n) is 11.2. The van der Waals surface area contributed by atoms with E-state index in [-0.39, 0.29) is 6.42 Å². The second kappa shape index (κ2) is 6.12. The molecule has 0 spiro atoms. The Morgan fingerprint density at radius 1 is 1.30 bits per heavy atom. The van der Waals surface area contributed by atoms with Crippen LogP contribution in [0.4, 0.5) is 13.2 Å². The van der Waals surface area contributed by atoms with Crippen LogP contribution in [0.3, 0.4) is 0 Å². The second-order valence-corrected chi connectivity index (χ2v) is 5.10. The van der Waals surface area contributed by atoms with Gasteiger partial charge >= 0.3 is 21.6 Å². The van der Waals surface area contributed by atoms with Crippen molar-refractivity contribution < 1.29 is 36.7 Å². The number of benzene rings is 1. The minimum absolute atomic E-state index is 0.0288. The Hall–Kier alpha value is -1.77. The van der Waals surface area contributed by atoms with Gasteiger partial charge in [0.05, 0.1) is 7.11 Å². The van der Waals surface area contributed by atoms with Crippen LogP contribution in [0.2, 0.25) is 0 Å². The fourth-order valence-corrected chi connectivity index (χ4v) is 1.60. The molecule has 112 valence electrons. The lowest BCUT2D eigenvalue weighted by Gasteiger charge is -2.09. The SMILES string of the molecule is [2H][C@@H](Cc1ccc(OS(=O)(=O)C(F)(F)F)cc1)C(=O)OC. The van der Waals surface area contributed by atoms with Gasteiger partial charge in [-0.05, 0) is 24.1 Å². The van der Waals surface area contributed by atoms with Crippen molar-refractivity contribution in [3.8, 4) is 5.75 Å². The van der Waals surface area contributed by atoms with Gasteiger partial charge in [0.15, 0.2) is 0 Å². The van der Waals surface area contributed by atoms with Crippen LogP contribution in [0, 0.1) is 0 Å². The predicted octanol–water partition coefficient (Wildman–Crippen LogP) is 2.02. The Morgan fingerprint density at radius 2 is 1.85 bits per heavy atom. The first-order valence-electron chi connectivity index (χ1n) is 5.74. The van der Waals surface area contributed by atoms with E-state index in [1.165, 1.54) is 12.1 Å². The third kappa shape index (κ3) is 4.41. The summed E-state index contributed by atoms with van der Waals surface area (Å²) in [6.45, 7) is 0. The van der Waals surface area contributed by atoms with E-state index in [0.29, 0.717) is 5.56 Å². The van der Waals surface area contributed by atoms with Crippen molar-refractivity contribution in [2.45, 2.75) is 18.3 Å². The Kier molecular flexibility index (Phi) is 4.48. The largest absolute Gasteiger partial charge is 0.534 e. The molecule has 0 aliphatic heterocycles. The van der Waals surface area contributed by atoms with Crippen LogP contribution in [0.1, 0.15) is 13.3 Å². The molecule has 0 radical (unpaired) electrons. The number of carbonyl (C=O) groups excluding carboxylic acids is 1. The summed E-state index contributed by atoms with van der Waals surface area (Å²) < 4.78 is 73.6. The third-order valence-electron chi connectivity index (χ3n) is 2.12. The molecule has 20 heavy (non-hydrogen) atoms. The number of halogens is 3. The lowest BCUT2D eigenvalue weighted by Crippen LogP contribution is -2.28. The van der Waals surface area contributed by atoms with Crippen molar-refractivity contribution in [3.63, 3.8) is 0 Å². The first-order valence-corrected chi connectivity index (χ1v) is 6.57. The minimum atomic E-state index is -5.72. The molecule has 5 nitrogen and oxygen atoms in total. The molecule has 9 heteroatoms. The second-order valence-electron chi connectivity index (χ2n) is 3.56. The molecule has 0 fully saturated rings. The van der Waals surface area contributed by atoms with Gasteiger partial charge in [0.1, 0.15) is 5.75 Å². The number of methoxy groups -OCH3 is 1. The number of esters is 1. The standard InChI is InChI=1S/C11H11F3O5S/c1-18-10(15)7-4-8-2-5-9(6-3-8)19-20(16,17)11(12,13)14/h2-3,5-6H,4,7H2,1H3/i7D/t7-/m0/s1. The van der Waals surface area contributed by atoms with Crippen molar-refractivity contribution in [2.24, 2.45) is 0 Å². The van der Waals surface area contributed by atoms with Crippen LogP contribution in [0.25, 0.3) is 0 Å². The van der Waals surface area contributed by atoms with Crippen LogP contribution in [0.5, 0.6) is 5.75 Å². The Bertz CT molecular complexity index is 597. The van der Waals surface area contributed by atoms with E-state index < -0.39 is 33.7 Å². The molecule has 1 aromatic carbocycles. The number of hydrogen-bond donors (Lipinski definition) is 0. The highest BCUT2D eigenvalue weighted by atomic mass is 32.2. The minimum Gasteiger partial charge on any atom is -0.469 e. The first-order chi connectivity index (χ1) is 9.56. The topological polar surface area (TPSA) is 69.7 Å². The summed E-state index contributed by atoms with van der Waals surface area (Å²) in [5.74, 6) is -1.27. The van der Waals surface area contributed by atoms with Gasteiger partial charge < -0.3 is 8.92 Å². The quantitative estimate of drug-likeness (QED) is 0.472. The number of carbonyl (C=O) groups is 1. The zero-order chi connectivity index (χ0) is 16.3. The molecule has 0 aliphatic rings. The highest BCUT2D eigenvalue weighted by molar-refractivity contribution is 7.87. The van der Waals surface area contributed by atoms with E-state index in [1.54, 1.807) is 0 Å². The third-order valence-corrected chi connectivity index (χ3v) is 3.10. The Labute approximate surface area is 114 Å². The van der Waals surface area contributed by atoms with E-state index in [1.807, 2.05) is 0 Å². The van der Waals surface area contributed by atoms with Crippen LogP contribution in [-0.4, -0.2) is 27.0 Å².